The van der Waals surface area contributed by atoms with Gasteiger partial charge in [0.05, 0.1) is 0 Å². The molecule has 114 valence electrons. The zero-order chi connectivity index (χ0) is 15.8. The Kier molecular flexibility index (Phi) is 5.54. The van der Waals surface area contributed by atoms with E-state index >= 15 is 0 Å². The number of benzene rings is 2. The van der Waals surface area contributed by atoms with Gasteiger partial charge in [-0.05, 0) is 42.8 Å². The second-order valence-corrected chi connectivity index (χ2v) is 4.61. The van der Waals surface area contributed by atoms with E-state index in [4.69, 9.17) is 14.6 Å². The smallest absolute Gasteiger partial charge is 0.311 e. The Balaban J connectivity index is 1.84. The third kappa shape index (κ3) is 5.28. The number of carboxylic acids is 1. The van der Waals surface area contributed by atoms with Crippen molar-refractivity contribution in [1.29, 1.82) is 0 Å². The van der Waals surface area contributed by atoms with Gasteiger partial charge in [-0.3, -0.25) is 9.59 Å². The summed E-state index contributed by atoms with van der Waals surface area (Å²) in [6.45, 7) is 0. The second kappa shape index (κ2) is 7.83. The van der Waals surface area contributed by atoms with Gasteiger partial charge in [-0.2, -0.15) is 0 Å². The van der Waals surface area contributed by atoms with Crippen LogP contribution < -0.4 is 9.47 Å². The summed E-state index contributed by atoms with van der Waals surface area (Å²) in [4.78, 5) is 21.9. The van der Waals surface area contributed by atoms with Crippen LogP contribution in [0.2, 0.25) is 0 Å². The third-order valence-electron chi connectivity index (χ3n) is 2.81. The van der Waals surface area contributed by atoms with E-state index < -0.39 is 11.9 Å². The quantitative estimate of drug-likeness (QED) is 0.624. The lowest BCUT2D eigenvalue weighted by atomic mass is 10.2. The largest absolute Gasteiger partial charge is 0.481 e. The lowest BCUT2D eigenvalue weighted by molar-refractivity contribution is -0.137. The van der Waals surface area contributed by atoms with E-state index in [2.05, 4.69) is 0 Å². The minimum atomic E-state index is -0.921. The van der Waals surface area contributed by atoms with Crippen molar-refractivity contribution in [1.82, 2.24) is 0 Å². The van der Waals surface area contributed by atoms with Crippen LogP contribution in [0, 0.1) is 0 Å². The molecule has 5 heteroatoms. The van der Waals surface area contributed by atoms with Crippen molar-refractivity contribution in [2.24, 2.45) is 0 Å². The minimum Gasteiger partial charge on any atom is -0.481 e. The summed E-state index contributed by atoms with van der Waals surface area (Å²) in [5.41, 5.74) is 0. The zero-order valence-corrected chi connectivity index (χ0v) is 11.9. The molecule has 0 aliphatic rings. The molecule has 0 amide bonds. The first kappa shape index (κ1) is 15.6. The zero-order valence-electron chi connectivity index (χ0n) is 11.9. The third-order valence-corrected chi connectivity index (χ3v) is 2.81. The first-order valence-corrected chi connectivity index (χ1v) is 6.89. The molecule has 0 aliphatic heterocycles. The summed E-state index contributed by atoms with van der Waals surface area (Å²) >= 11 is 0. The maximum Gasteiger partial charge on any atom is 0.311 e. The fourth-order valence-corrected chi connectivity index (χ4v) is 1.77. The SMILES string of the molecule is O=C(O)CCCC(=O)Oc1ccc(Oc2ccccc2)cc1. The summed E-state index contributed by atoms with van der Waals surface area (Å²) in [5, 5.41) is 8.50. The topological polar surface area (TPSA) is 72.8 Å². The number of esters is 1. The summed E-state index contributed by atoms with van der Waals surface area (Å²) in [5.74, 6) is 0.395. The predicted octanol–water partition coefficient (Wildman–Crippen LogP) is 3.64. The van der Waals surface area contributed by atoms with Crippen LogP contribution in [0.4, 0.5) is 0 Å². The molecule has 0 aromatic heterocycles. The Hall–Kier alpha value is -2.82. The van der Waals surface area contributed by atoms with Gasteiger partial charge in [-0.1, -0.05) is 18.2 Å². The van der Waals surface area contributed by atoms with Crippen molar-refractivity contribution < 1.29 is 24.2 Å². The molecule has 1 N–H and O–H groups in total. The molecule has 0 spiro atoms. The average Bonchev–Trinajstić information content (AvgIpc) is 2.50. The van der Waals surface area contributed by atoms with Gasteiger partial charge in [0.25, 0.3) is 0 Å². The van der Waals surface area contributed by atoms with Crippen LogP contribution in [-0.4, -0.2) is 17.0 Å². The van der Waals surface area contributed by atoms with Crippen molar-refractivity contribution in [3.63, 3.8) is 0 Å². The van der Waals surface area contributed by atoms with Crippen molar-refractivity contribution in [2.45, 2.75) is 19.3 Å². The standard InChI is InChI=1S/C17H16O5/c18-16(19)7-4-8-17(20)22-15-11-9-14(10-12-15)21-13-5-2-1-3-6-13/h1-3,5-6,9-12H,4,7-8H2,(H,18,19). The highest BCUT2D eigenvalue weighted by atomic mass is 16.5. The molecular formula is C17H16O5. The molecule has 2 aromatic rings. The molecular weight excluding hydrogens is 284 g/mol. The second-order valence-electron chi connectivity index (χ2n) is 4.61. The molecule has 0 fully saturated rings. The molecule has 5 nitrogen and oxygen atoms in total. The van der Waals surface area contributed by atoms with Crippen molar-refractivity contribution in [3.8, 4) is 17.2 Å². The highest BCUT2D eigenvalue weighted by Gasteiger charge is 2.07. The summed E-state index contributed by atoms with van der Waals surface area (Å²) in [6, 6.07) is 16.0. The Morgan fingerprint density at radius 2 is 1.41 bits per heavy atom. The van der Waals surface area contributed by atoms with E-state index in [0.717, 1.165) is 5.75 Å². The van der Waals surface area contributed by atoms with Gasteiger partial charge in [0.15, 0.2) is 0 Å². The van der Waals surface area contributed by atoms with E-state index in [1.165, 1.54) is 0 Å². The molecule has 0 aliphatic carbocycles. The highest BCUT2D eigenvalue weighted by Crippen LogP contribution is 2.23. The molecule has 0 atom stereocenters. The van der Waals surface area contributed by atoms with Crippen LogP contribution in [-0.2, 0) is 9.59 Å². The molecule has 0 radical (unpaired) electrons. The number of carboxylic acid groups (broad SMARTS) is 1. The number of rotatable bonds is 7. The minimum absolute atomic E-state index is 0.0427. The van der Waals surface area contributed by atoms with Gasteiger partial charge in [-0.25, -0.2) is 0 Å². The molecule has 0 saturated heterocycles. The maximum atomic E-state index is 11.5. The van der Waals surface area contributed by atoms with Crippen LogP contribution >= 0.6 is 0 Å². The Bertz CT molecular complexity index is 619. The lowest BCUT2D eigenvalue weighted by Crippen LogP contribution is -2.08. The number of carbonyl (C=O) groups excluding carboxylic acids is 1. The van der Waals surface area contributed by atoms with Gasteiger partial charge in [0.1, 0.15) is 17.2 Å². The first-order valence-electron chi connectivity index (χ1n) is 6.89. The van der Waals surface area contributed by atoms with E-state index in [1.807, 2.05) is 30.3 Å². The van der Waals surface area contributed by atoms with Gasteiger partial charge in [-0.15, -0.1) is 0 Å². The molecule has 0 saturated carbocycles. The van der Waals surface area contributed by atoms with E-state index in [1.54, 1.807) is 24.3 Å². The predicted molar refractivity (Wildman–Crippen MR) is 80.1 cm³/mol. The number of para-hydroxylation sites is 1. The van der Waals surface area contributed by atoms with Gasteiger partial charge >= 0.3 is 11.9 Å². The number of aliphatic carboxylic acids is 1. The van der Waals surface area contributed by atoms with E-state index in [-0.39, 0.29) is 19.3 Å². The monoisotopic (exact) mass is 300 g/mol. The fraction of sp³-hybridized carbons (Fsp3) is 0.176. The van der Waals surface area contributed by atoms with Gasteiger partial charge in [0, 0.05) is 12.8 Å². The summed E-state index contributed by atoms with van der Waals surface area (Å²) in [7, 11) is 0. The fourth-order valence-electron chi connectivity index (χ4n) is 1.77. The average molecular weight is 300 g/mol. The maximum absolute atomic E-state index is 11.5. The van der Waals surface area contributed by atoms with Crippen LogP contribution in [0.25, 0.3) is 0 Å². The Morgan fingerprint density at radius 1 is 0.818 bits per heavy atom. The normalized spacial score (nSPS) is 10.0. The molecule has 22 heavy (non-hydrogen) atoms. The Labute approximate surface area is 128 Å². The summed E-state index contributed by atoms with van der Waals surface area (Å²) < 4.78 is 10.7. The van der Waals surface area contributed by atoms with Crippen LogP contribution in [0.3, 0.4) is 0 Å². The number of hydrogen-bond acceptors (Lipinski definition) is 4. The number of hydrogen-bond donors (Lipinski definition) is 1. The van der Waals surface area contributed by atoms with Crippen LogP contribution in [0.15, 0.2) is 54.6 Å². The molecule has 0 unspecified atom stereocenters. The van der Waals surface area contributed by atoms with Crippen molar-refractivity contribution >= 4 is 11.9 Å². The van der Waals surface area contributed by atoms with Crippen LogP contribution in [0.1, 0.15) is 19.3 Å². The first-order chi connectivity index (χ1) is 10.6. The van der Waals surface area contributed by atoms with Crippen molar-refractivity contribution in [2.75, 3.05) is 0 Å². The molecule has 2 rings (SSSR count). The van der Waals surface area contributed by atoms with Gasteiger partial charge < -0.3 is 14.6 Å². The molecule has 0 bridgehead atoms. The van der Waals surface area contributed by atoms with Crippen molar-refractivity contribution in [3.05, 3.63) is 54.6 Å². The van der Waals surface area contributed by atoms with Gasteiger partial charge in [0.2, 0.25) is 0 Å². The Morgan fingerprint density at radius 3 is 2.05 bits per heavy atom. The number of ether oxygens (including phenoxy) is 2. The lowest BCUT2D eigenvalue weighted by Gasteiger charge is -2.07. The molecule has 0 heterocycles. The van der Waals surface area contributed by atoms with E-state index in [0.29, 0.717) is 11.5 Å². The highest BCUT2D eigenvalue weighted by molar-refractivity contribution is 5.73. The summed E-state index contributed by atoms with van der Waals surface area (Å²) in [6.07, 6.45) is 0.302. The molecule has 2 aromatic carbocycles. The number of carbonyl (C=O) groups is 2. The van der Waals surface area contributed by atoms with Crippen LogP contribution in [0.5, 0.6) is 17.2 Å². The van der Waals surface area contributed by atoms with E-state index in [9.17, 15) is 9.59 Å².